The zero-order valence-electron chi connectivity index (χ0n) is 9.45. The van der Waals surface area contributed by atoms with Crippen LogP contribution in [-0.2, 0) is 0 Å². The Morgan fingerprint density at radius 1 is 1.43 bits per heavy atom. The fraction of sp³-hybridized carbons (Fsp3) is 0.417. The van der Waals surface area contributed by atoms with Crippen LogP contribution in [0.15, 0.2) is 24.3 Å². The van der Waals surface area contributed by atoms with Crippen molar-refractivity contribution >= 4 is 5.69 Å². The highest BCUT2D eigenvalue weighted by Gasteiger charge is 2.21. The van der Waals surface area contributed by atoms with E-state index in [1.807, 2.05) is 12.1 Å². The van der Waals surface area contributed by atoms with Gasteiger partial charge in [0.05, 0.1) is 20.7 Å². The van der Waals surface area contributed by atoms with Gasteiger partial charge >= 0.3 is 0 Å². The molecular formula is C12H19NO+. The number of hydrogen-bond donors (Lipinski definition) is 0. The molecule has 0 heterocycles. The molecule has 0 amide bonds. The van der Waals surface area contributed by atoms with Crippen molar-refractivity contribution in [3.63, 3.8) is 0 Å². The van der Waals surface area contributed by atoms with Crippen LogP contribution in [0.25, 0.3) is 0 Å². The SMILES string of the molecule is C[CH][N+](C)(CC)c1cccc(OC)c1. The molecule has 14 heavy (non-hydrogen) atoms. The number of methoxy groups -OCH3 is 1. The first-order valence-electron chi connectivity index (χ1n) is 4.96. The van der Waals surface area contributed by atoms with Gasteiger partial charge in [-0.25, -0.2) is 0 Å². The molecule has 2 nitrogen and oxygen atoms in total. The van der Waals surface area contributed by atoms with Crippen molar-refractivity contribution in [2.45, 2.75) is 13.8 Å². The van der Waals surface area contributed by atoms with E-state index < -0.39 is 0 Å². The highest BCUT2D eigenvalue weighted by molar-refractivity contribution is 5.48. The maximum Gasteiger partial charge on any atom is 0.143 e. The lowest BCUT2D eigenvalue weighted by Crippen LogP contribution is -2.40. The van der Waals surface area contributed by atoms with Crippen LogP contribution in [0, 0.1) is 6.54 Å². The summed E-state index contributed by atoms with van der Waals surface area (Å²) >= 11 is 0. The third kappa shape index (κ3) is 2.07. The summed E-state index contributed by atoms with van der Waals surface area (Å²) in [6, 6.07) is 8.22. The lowest BCUT2D eigenvalue weighted by atomic mass is 10.2. The number of nitrogens with zero attached hydrogens (tertiary/aromatic N) is 1. The van der Waals surface area contributed by atoms with Crippen LogP contribution in [0.1, 0.15) is 13.8 Å². The molecule has 1 aromatic carbocycles. The summed E-state index contributed by atoms with van der Waals surface area (Å²) in [6.45, 7) is 7.50. The summed E-state index contributed by atoms with van der Waals surface area (Å²) in [6.07, 6.45) is 0. The molecule has 0 aliphatic heterocycles. The monoisotopic (exact) mass is 193 g/mol. The van der Waals surface area contributed by atoms with Crippen LogP contribution in [0.2, 0.25) is 0 Å². The van der Waals surface area contributed by atoms with Crippen LogP contribution in [0.5, 0.6) is 5.75 Å². The Morgan fingerprint density at radius 3 is 2.64 bits per heavy atom. The van der Waals surface area contributed by atoms with Gasteiger partial charge in [0.1, 0.15) is 18.0 Å². The summed E-state index contributed by atoms with van der Waals surface area (Å²) in [5.41, 5.74) is 1.26. The lowest BCUT2D eigenvalue weighted by Gasteiger charge is -2.30. The van der Waals surface area contributed by atoms with Crippen molar-refractivity contribution in [3.8, 4) is 5.75 Å². The first kappa shape index (κ1) is 11.1. The van der Waals surface area contributed by atoms with Crippen molar-refractivity contribution in [3.05, 3.63) is 30.8 Å². The van der Waals surface area contributed by atoms with E-state index in [9.17, 15) is 0 Å². The van der Waals surface area contributed by atoms with Gasteiger partial charge in [-0.1, -0.05) is 6.07 Å². The van der Waals surface area contributed by atoms with E-state index in [4.69, 9.17) is 4.74 Å². The van der Waals surface area contributed by atoms with E-state index in [-0.39, 0.29) is 0 Å². The molecule has 0 bridgehead atoms. The average molecular weight is 193 g/mol. The summed E-state index contributed by atoms with van der Waals surface area (Å²) in [5, 5.41) is 0. The van der Waals surface area contributed by atoms with E-state index in [2.05, 4.69) is 39.6 Å². The molecule has 1 aromatic rings. The molecule has 0 fully saturated rings. The van der Waals surface area contributed by atoms with E-state index >= 15 is 0 Å². The first-order chi connectivity index (χ1) is 6.66. The number of benzene rings is 1. The minimum absolute atomic E-state index is 0.831. The fourth-order valence-corrected chi connectivity index (χ4v) is 1.44. The van der Waals surface area contributed by atoms with Gasteiger partial charge in [0.25, 0.3) is 0 Å². The summed E-state index contributed by atoms with van der Waals surface area (Å²) in [7, 11) is 3.89. The first-order valence-corrected chi connectivity index (χ1v) is 4.96. The molecule has 0 aliphatic rings. The number of quaternary nitrogens is 1. The summed E-state index contributed by atoms with van der Waals surface area (Å²) in [5.74, 6) is 0.919. The zero-order valence-corrected chi connectivity index (χ0v) is 9.45. The van der Waals surface area contributed by atoms with Gasteiger partial charge in [-0.3, -0.25) is 4.48 Å². The van der Waals surface area contributed by atoms with Crippen LogP contribution < -0.4 is 9.22 Å². The molecule has 2 heteroatoms. The second-order valence-electron chi connectivity index (χ2n) is 3.54. The van der Waals surface area contributed by atoms with Crippen molar-refractivity contribution in [1.29, 1.82) is 0 Å². The average Bonchev–Trinajstić information content (AvgIpc) is 2.28. The van der Waals surface area contributed by atoms with Gasteiger partial charge in [-0.2, -0.15) is 0 Å². The molecule has 77 valence electrons. The molecule has 0 aliphatic carbocycles. The third-order valence-corrected chi connectivity index (χ3v) is 2.87. The van der Waals surface area contributed by atoms with E-state index in [1.54, 1.807) is 7.11 Å². The van der Waals surface area contributed by atoms with E-state index in [0.717, 1.165) is 16.8 Å². The predicted molar refractivity (Wildman–Crippen MR) is 61.2 cm³/mol. The smallest absolute Gasteiger partial charge is 0.143 e. The molecular weight excluding hydrogens is 174 g/mol. The van der Waals surface area contributed by atoms with Crippen molar-refractivity contribution in [2.75, 3.05) is 20.7 Å². The molecule has 0 aromatic heterocycles. The highest BCUT2D eigenvalue weighted by atomic mass is 16.5. The normalized spacial score (nSPS) is 11.4. The minimum atomic E-state index is 0.831. The van der Waals surface area contributed by atoms with Crippen LogP contribution in [-0.4, -0.2) is 20.7 Å². The Hall–Kier alpha value is -1.02. The second kappa shape index (κ2) is 4.47. The quantitative estimate of drug-likeness (QED) is 0.668. The Balaban J connectivity index is 3.04. The molecule has 1 radical (unpaired) electrons. The molecule has 0 spiro atoms. The Bertz CT molecular complexity index is 292. The molecule has 1 rings (SSSR count). The van der Waals surface area contributed by atoms with Gasteiger partial charge in [0, 0.05) is 6.07 Å². The molecule has 0 saturated heterocycles. The Kier molecular flexibility index (Phi) is 3.53. The van der Waals surface area contributed by atoms with E-state index in [0.29, 0.717) is 0 Å². The maximum atomic E-state index is 5.22. The standard InChI is InChI=1S/C12H19NO/c1-5-13(3,6-2)11-8-7-9-12(10-11)14-4/h5,7-10H,6H2,1-4H3/q+1. The topological polar surface area (TPSA) is 9.23 Å². The number of hydrogen-bond acceptors (Lipinski definition) is 1. The predicted octanol–water partition coefficient (Wildman–Crippen LogP) is 2.83. The van der Waals surface area contributed by atoms with Gasteiger partial charge in [0.2, 0.25) is 0 Å². The van der Waals surface area contributed by atoms with Gasteiger partial charge in [-0.05, 0) is 26.0 Å². The molecule has 0 N–H and O–H groups in total. The minimum Gasteiger partial charge on any atom is -0.497 e. The van der Waals surface area contributed by atoms with Crippen molar-refractivity contribution in [1.82, 2.24) is 4.48 Å². The number of rotatable bonds is 4. The van der Waals surface area contributed by atoms with Crippen molar-refractivity contribution < 1.29 is 4.74 Å². The fourth-order valence-electron chi connectivity index (χ4n) is 1.44. The molecule has 1 unspecified atom stereocenters. The van der Waals surface area contributed by atoms with Crippen LogP contribution >= 0.6 is 0 Å². The largest absolute Gasteiger partial charge is 0.497 e. The zero-order chi connectivity index (χ0) is 10.6. The molecule has 0 saturated carbocycles. The Labute approximate surface area is 86.7 Å². The van der Waals surface area contributed by atoms with Gasteiger partial charge < -0.3 is 4.74 Å². The Morgan fingerprint density at radius 2 is 2.14 bits per heavy atom. The third-order valence-electron chi connectivity index (χ3n) is 2.87. The summed E-state index contributed by atoms with van der Waals surface area (Å²) in [4.78, 5) is 0. The van der Waals surface area contributed by atoms with Crippen LogP contribution in [0.3, 0.4) is 0 Å². The van der Waals surface area contributed by atoms with E-state index in [1.165, 1.54) is 5.69 Å². The second-order valence-corrected chi connectivity index (χ2v) is 3.54. The maximum absolute atomic E-state index is 5.22. The van der Waals surface area contributed by atoms with Gasteiger partial charge in [-0.15, -0.1) is 0 Å². The number of ether oxygens (including phenoxy) is 1. The lowest BCUT2D eigenvalue weighted by molar-refractivity contribution is 0.402. The van der Waals surface area contributed by atoms with Gasteiger partial charge in [0.15, 0.2) is 0 Å². The highest BCUT2D eigenvalue weighted by Crippen LogP contribution is 2.26. The molecule has 1 atom stereocenters. The summed E-state index contributed by atoms with van der Waals surface area (Å²) < 4.78 is 6.05. The van der Waals surface area contributed by atoms with Crippen molar-refractivity contribution in [2.24, 2.45) is 0 Å². The van der Waals surface area contributed by atoms with Crippen LogP contribution in [0.4, 0.5) is 5.69 Å².